The third kappa shape index (κ3) is 3.24. The highest BCUT2D eigenvalue weighted by Gasteiger charge is 2.11. The second-order valence-electron chi connectivity index (χ2n) is 3.25. The fourth-order valence-electron chi connectivity index (χ4n) is 1.60. The molecule has 0 N–H and O–H groups in total. The van der Waals surface area contributed by atoms with E-state index in [2.05, 4.69) is 40.8 Å². The van der Waals surface area contributed by atoms with Gasteiger partial charge in [0.05, 0.1) is 13.2 Å². The van der Waals surface area contributed by atoms with Crippen LogP contribution in [0, 0.1) is 0 Å². The van der Waals surface area contributed by atoms with Gasteiger partial charge in [-0.15, -0.1) is 0 Å². The fourth-order valence-corrected chi connectivity index (χ4v) is 3.33. The predicted octanol–water partition coefficient (Wildman–Crippen LogP) is 3.11. The average molecular weight is 259 g/mol. The minimum atomic E-state index is 0.832. The Morgan fingerprint density at radius 2 is 2.07 bits per heavy atom. The average Bonchev–Trinajstić information content (AvgIpc) is 2.31. The third-order valence-electron chi connectivity index (χ3n) is 2.33. The molecule has 1 aromatic rings. The largest absolute Gasteiger partial charge is 0.378 e. The normalized spacial score (nSPS) is 16.7. The van der Waals surface area contributed by atoms with E-state index in [4.69, 9.17) is 4.74 Å². The maximum absolute atomic E-state index is 5.34. The summed E-state index contributed by atoms with van der Waals surface area (Å²) >= 11 is 4.14. The molecular formula is C10H13NOS3. The highest BCUT2D eigenvalue weighted by atomic mass is 33.5. The van der Waals surface area contributed by atoms with Crippen molar-refractivity contribution in [1.82, 2.24) is 0 Å². The molecule has 1 aliphatic rings. The van der Waals surface area contributed by atoms with E-state index in [-0.39, 0.29) is 0 Å². The second kappa shape index (κ2) is 5.94. The summed E-state index contributed by atoms with van der Waals surface area (Å²) in [5.74, 6) is 0. The maximum Gasteiger partial charge on any atom is 0.0642 e. The molecule has 0 radical (unpaired) electrons. The molecule has 0 atom stereocenters. The quantitative estimate of drug-likeness (QED) is 0.661. The number of nitrogens with zero attached hydrogens (tertiary/aromatic N) is 1. The number of ether oxygens (including phenoxy) is 1. The zero-order valence-corrected chi connectivity index (χ0v) is 10.8. The Morgan fingerprint density at radius 1 is 1.27 bits per heavy atom. The summed E-state index contributed by atoms with van der Waals surface area (Å²) in [7, 11) is 3.15. The Hall–Kier alpha value is 0.0300. The SMILES string of the molecule is SSSc1cccc(N2CCOCC2)c1. The summed E-state index contributed by atoms with van der Waals surface area (Å²) in [5.41, 5.74) is 1.28. The van der Waals surface area contributed by atoms with Crippen molar-refractivity contribution in [1.29, 1.82) is 0 Å². The standard InChI is InChI=1S/C10H13NOS3/c13-15-14-10-3-1-2-9(8-10)11-4-6-12-7-5-11/h1-3,8,13H,4-7H2. The van der Waals surface area contributed by atoms with Gasteiger partial charge in [0, 0.05) is 23.7 Å². The monoisotopic (exact) mass is 259 g/mol. The predicted molar refractivity (Wildman–Crippen MR) is 71.9 cm³/mol. The van der Waals surface area contributed by atoms with E-state index in [0.29, 0.717) is 0 Å². The summed E-state index contributed by atoms with van der Waals surface area (Å²) in [6.45, 7) is 3.64. The molecule has 5 heteroatoms. The molecule has 0 bridgehead atoms. The van der Waals surface area contributed by atoms with Gasteiger partial charge < -0.3 is 9.64 Å². The summed E-state index contributed by atoms with van der Waals surface area (Å²) in [6, 6.07) is 8.56. The van der Waals surface area contributed by atoms with Crippen LogP contribution >= 0.6 is 32.3 Å². The number of morpholine rings is 1. The smallest absolute Gasteiger partial charge is 0.0642 e. The van der Waals surface area contributed by atoms with Gasteiger partial charge in [-0.2, -0.15) is 0 Å². The first-order valence-electron chi connectivity index (χ1n) is 4.81. The first kappa shape index (κ1) is 11.5. The summed E-state index contributed by atoms with van der Waals surface area (Å²) in [6.07, 6.45) is 0. The van der Waals surface area contributed by atoms with Crippen molar-refractivity contribution >= 4 is 38.0 Å². The Morgan fingerprint density at radius 3 is 2.80 bits per heavy atom. The van der Waals surface area contributed by atoms with Gasteiger partial charge in [0.2, 0.25) is 0 Å². The van der Waals surface area contributed by atoms with E-state index >= 15 is 0 Å². The molecule has 1 aromatic carbocycles. The minimum Gasteiger partial charge on any atom is -0.378 e. The molecule has 1 saturated heterocycles. The molecule has 82 valence electrons. The van der Waals surface area contributed by atoms with Crippen LogP contribution in [-0.4, -0.2) is 26.3 Å². The first-order chi connectivity index (χ1) is 7.40. The molecule has 0 aromatic heterocycles. The number of hydrogen-bond donors (Lipinski definition) is 1. The van der Waals surface area contributed by atoms with E-state index in [1.165, 1.54) is 20.4 Å². The van der Waals surface area contributed by atoms with Crippen molar-refractivity contribution in [2.75, 3.05) is 31.2 Å². The lowest BCUT2D eigenvalue weighted by atomic mass is 10.2. The Labute approximate surface area is 103 Å². The Kier molecular flexibility index (Phi) is 4.56. The number of benzene rings is 1. The van der Waals surface area contributed by atoms with Crippen LogP contribution in [0.5, 0.6) is 0 Å². The number of rotatable bonds is 3. The lowest BCUT2D eigenvalue weighted by molar-refractivity contribution is 0.122. The fraction of sp³-hybridized carbons (Fsp3) is 0.400. The summed E-state index contributed by atoms with van der Waals surface area (Å²) in [5, 5.41) is 0. The van der Waals surface area contributed by atoms with Crippen LogP contribution in [0.1, 0.15) is 0 Å². The van der Waals surface area contributed by atoms with Crippen LogP contribution in [0.3, 0.4) is 0 Å². The van der Waals surface area contributed by atoms with Crippen LogP contribution < -0.4 is 4.90 Å². The van der Waals surface area contributed by atoms with Crippen molar-refractivity contribution < 1.29 is 4.74 Å². The molecule has 1 fully saturated rings. The molecular weight excluding hydrogens is 246 g/mol. The zero-order chi connectivity index (χ0) is 10.5. The van der Waals surface area contributed by atoms with Crippen molar-refractivity contribution in [2.24, 2.45) is 0 Å². The van der Waals surface area contributed by atoms with Crippen molar-refractivity contribution in [3.63, 3.8) is 0 Å². The highest BCUT2D eigenvalue weighted by Crippen LogP contribution is 2.35. The van der Waals surface area contributed by atoms with Gasteiger partial charge in [0.25, 0.3) is 0 Å². The van der Waals surface area contributed by atoms with E-state index < -0.39 is 0 Å². The molecule has 0 amide bonds. The zero-order valence-electron chi connectivity index (χ0n) is 8.26. The molecule has 2 rings (SSSR count). The third-order valence-corrected chi connectivity index (χ3v) is 4.32. The molecule has 0 unspecified atom stereocenters. The van der Waals surface area contributed by atoms with Crippen LogP contribution in [0.2, 0.25) is 0 Å². The second-order valence-corrected chi connectivity index (χ2v) is 6.33. The number of anilines is 1. The van der Waals surface area contributed by atoms with Gasteiger partial charge in [-0.05, 0) is 38.8 Å². The molecule has 2 nitrogen and oxygen atoms in total. The summed E-state index contributed by atoms with van der Waals surface area (Å²) < 4.78 is 5.34. The van der Waals surface area contributed by atoms with Crippen molar-refractivity contribution in [3.05, 3.63) is 24.3 Å². The summed E-state index contributed by atoms with van der Waals surface area (Å²) in [4.78, 5) is 3.61. The lowest BCUT2D eigenvalue weighted by Crippen LogP contribution is -2.36. The molecule has 0 spiro atoms. The lowest BCUT2D eigenvalue weighted by Gasteiger charge is -2.29. The van der Waals surface area contributed by atoms with E-state index in [1.807, 2.05) is 0 Å². The van der Waals surface area contributed by atoms with Gasteiger partial charge in [-0.25, -0.2) is 0 Å². The van der Waals surface area contributed by atoms with Gasteiger partial charge in [0.15, 0.2) is 0 Å². The van der Waals surface area contributed by atoms with Crippen LogP contribution in [0.15, 0.2) is 29.2 Å². The number of hydrogen-bond acceptors (Lipinski definition) is 5. The van der Waals surface area contributed by atoms with E-state index in [0.717, 1.165) is 26.3 Å². The Bertz CT molecular complexity index is 315. The Balaban J connectivity index is 2.09. The topological polar surface area (TPSA) is 12.5 Å². The molecule has 1 heterocycles. The van der Waals surface area contributed by atoms with Crippen LogP contribution in [0.25, 0.3) is 0 Å². The van der Waals surface area contributed by atoms with Gasteiger partial charge in [-0.1, -0.05) is 17.7 Å². The molecule has 0 aliphatic carbocycles. The van der Waals surface area contributed by atoms with Gasteiger partial charge in [0.1, 0.15) is 0 Å². The number of thiol groups is 1. The highest BCUT2D eigenvalue weighted by molar-refractivity contribution is 9.05. The van der Waals surface area contributed by atoms with E-state index in [1.54, 1.807) is 10.8 Å². The van der Waals surface area contributed by atoms with Gasteiger partial charge in [-0.3, -0.25) is 0 Å². The van der Waals surface area contributed by atoms with Crippen molar-refractivity contribution in [2.45, 2.75) is 4.90 Å². The van der Waals surface area contributed by atoms with E-state index in [9.17, 15) is 0 Å². The minimum absolute atomic E-state index is 0.832. The molecule has 1 aliphatic heterocycles. The first-order valence-corrected chi connectivity index (χ1v) is 8.01. The maximum atomic E-state index is 5.34. The van der Waals surface area contributed by atoms with Crippen LogP contribution in [0.4, 0.5) is 5.69 Å². The van der Waals surface area contributed by atoms with Gasteiger partial charge >= 0.3 is 0 Å². The molecule has 0 saturated carbocycles. The van der Waals surface area contributed by atoms with Crippen LogP contribution in [-0.2, 0) is 4.74 Å². The molecule has 15 heavy (non-hydrogen) atoms. The van der Waals surface area contributed by atoms with Crippen molar-refractivity contribution in [3.8, 4) is 0 Å².